The van der Waals surface area contributed by atoms with Crippen molar-refractivity contribution in [2.75, 3.05) is 40.9 Å². The zero-order chi connectivity index (χ0) is 61.9. The van der Waals surface area contributed by atoms with E-state index < -0.39 is 20.0 Å². The average molecular weight is 1210 g/mol. The third-order valence-electron chi connectivity index (χ3n) is 16.1. The van der Waals surface area contributed by atoms with Crippen molar-refractivity contribution in [3.05, 3.63) is 97.2 Å². The van der Waals surface area contributed by atoms with Crippen LogP contribution in [0.25, 0.3) is 0 Å². The Hall–Kier alpha value is -2.58. The number of likely N-dealkylation sites (N-methyl/N-ethyl adjacent to an activating group) is 1. The number of aliphatic hydroxyl groups excluding tert-OH is 1. The summed E-state index contributed by atoms with van der Waals surface area (Å²) in [5.41, 5.74) is 0. The normalized spacial score (nSPS) is 14.2. The highest BCUT2D eigenvalue weighted by atomic mass is 31.2. The maximum absolute atomic E-state index is 13.1. The number of aliphatic hydroxyl groups is 1. The molecule has 0 aliphatic carbocycles. The Morgan fingerprint density at radius 1 is 0.424 bits per heavy atom. The van der Waals surface area contributed by atoms with Gasteiger partial charge in [0.25, 0.3) is 7.82 Å². The number of carbonyl (C=O) groups excluding carboxylic acids is 1. The van der Waals surface area contributed by atoms with Crippen LogP contribution in [0.5, 0.6) is 0 Å². The molecule has 0 spiro atoms. The van der Waals surface area contributed by atoms with Gasteiger partial charge in [-0.25, -0.2) is 0 Å². The van der Waals surface area contributed by atoms with E-state index >= 15 is 0 Å². The SMILES string of the molecule is CC/C=C\C/C=C\C/C=C\C/C=C\C/C=C\C/C=C\C/C=C\C/C=C\CCCCCCCCCCC(=O)NC(COP(=O)([O-])OCC[N+](C)(C)C)C(O)CCCCCCCCCCCCCCCCCCCCCCCCCCCCCCCC. The van der Waals surface area contributed by atoms with Crippen LogP contribution >= 0.6 is 7.82 Å². The molecule has 3 unspecified atom stereocenters. The fraction of sp³-hybridized carbons (Fsp3) is 0.776. The molecule has 0 aromatic rings. The Kier molecular flexibility index (Phi) is 63.9. The fourth-order valence-electron chi connectivity index (χ4n) is 10.5. The maximum atomic E-state index is 13.1. The minimum absolute atomic E-state index is 0.00656. The van der Waals surface area contributed by atoms with Gasteiger partial charge in [-0.15, -0.1) is 0 Å². The largest absolute Gasteiger partial charge is 0.756 e. The van der Waals surface area contributed by atoms with Gasteiger partial charge < -0.3 is 28.8 Å². The van der Waals surface area contributed by atoms with Crippen LogP contribution in [-0.2, 0) is 18.4 Å². The van der Waals surface area contributed by atoms with Crippen molar-refractivity contribution in [2.45, 2.75) is 341 Å². The van der Waals surface area contributed by atoms with Gasteiger partial charge in [0, 0.05) is 6.42 Å². The Morgan fingerprint density at radius 2 is 0.718 bits per heavy atom. The Labute approximate surface area is 528 Å². The van der Waals surface area contributed by atoms with Gasteiger partial charge in [-0.1, -0.05) is 342 Å². The van der Waals surface area contributed by atoms with E-state index in [4.69, 9.17) is 9.05 Å². The summed E-state index contributed by atoms with van der Waals surface area (Å²) in [6.45, 7) is 4.63. The lowest BCUT2D eigenvalue weighted by Crippen LogP contribution is -2.46. The number of nitrogens with zero attached hydrogens (tertiary/aromatic N) is 1. The Morgan fingerprint density at radius 3 is 1.05 bits per heavy atom. The quantitative estimate of drug-likeness (QED) is 0.0272. The number of allylic oxidation sites excluding steroid dienone is 16. The summed E-state index contributed by atoms with van der Waals surface area (Å²) >= 11 is 0. The lowest BCUT2D eigenvalue weighted by atomic mass is 10.0. The Bertz CT molecular complexity index is 1710. The predicted octanol–water partition coefficient (Wildman–Crippen LogP) is 22.6. The van der Waals surface area contributed by atoms with Gasteiger partial charge in [0.05, 0.1) is 39.9 Å². The molecule has 3 atom stereocenters. The summed E-state index contributed by atoms with van der Waals surface area (Å²) < 4.78 is 23.5. The van der Waals surface area contributed by atoms with Gasteiger partial charge in [0.2, 0.25) is 5.91 Å². The summed E-state index contributed by atoms with van der Waals surface area (Å²) in [6.07, 6.45) is 94.8. The number of amides is 1. The van der Waals surface area contributed by atoms with Crippen molar-refractivity contribution >= 4 is 13.7 Å². The summed E-state index contributed by atoms with van der Waals surface area (Å²) in [5.74, 6) is -0.173. The molecule has 0 saturated heterocycles. The first-order chi connectivity index (χ1) is 41.5. The third kappa shape index (κ3) is 68.8. The molecule has 0 aliphatic heterocycles. The van der Waals surface area contributed by atoms with Crippen LogP contribution in [0.3, 0.4) is 0 Å². The molecule has 2 N–H and O–H groups in total. The molecule has 0 bridgehead atoms. The zero-order valence-corrected chi connectivity index (χ0v) is 57.4. The van der Waals surface area contributed by atoms with Gasteiger partial charge in [0.15, 0.2) is 0 Å². The van der Waals surface area contributed by atoms with Crippen LogP contribution in [0, 0.1) is 0 Å². The monoisotopic (exact) mass is 1210 g/mol. The lowest BCUT2D eigenvalue weighted by Gasteiger charge is -2.30. The van der Waals surface area contributed by atoms with Crippen LogP contribution in [0.15, 0.2) is 97.2 Å². The fourth-order valence-corrected chi connectivity index (χ4v) is 11.3. The molecule has 0 fully saturated rings. The van der Waals surface area contributed by atoms with Crippen molar-refractivity contribution in [1.29, 1.82) is 0 Å². The number of hydrogen-bond acceptors (Lipinski definition) is 6. The van der Waals surface area contributed by atoms with Crippen molar-refractivity contribution < 1.29 is 32.9 Å². The van der Waals surface area contributed by atoms with Crippen molar-refractivity contribution in [3.8, 4) is 0 Å². The van der Waals surface area contributed by atoms with E-state index in [0.29, 0.717) is 23.9 Å². The predicted molar refractivity (Wildman–Crippen MR) is 371 cm³/mol. The van der Waals surface area contributed by atoms with E-state index in [0.717, 1.165) is 96.3 Å². The number of quaternary nitrogens is 1. The first-order valence-corrected chi connectivity index (χ1v) is 37.5. The second-order valence-corrected chi connectivity index (χ2v) is 27.0. The average Bonchev–Trinajstić information content (AvgIpc) is 3.49. The standard InChI is InChI=1S/C76H139N2O6P/c1-6-8-10-12-14-16-18-20-22-24-26-28-30-32-34-36-38-39-40-42-44-46-48-50-52-54-56-58-60-62-64-66-68-70-76(80)77-74(73-84-85(81,82)83-72-71-78(3,4)5)75(79)69-67-65-63-61-59-57-55-53-51-49-47-45-43-41-37-35-33-31-29-27-25-23-21-19-17-15-13-11-9-7-2/h8,10,14,16,20,22,26,28,32,34,38-39,42,44,48,50,74-75,79H,6-7,9,11-13,15,17-19,21,23-25,27,29-31,33,35-37,40-41,43,45-47,49,51-73H2,1-5H3,(H-,77,80,81,82)/b10-8-,16-14-,22-20-,28-26-,34-32-,39-38-,44-42-,50-48-. The summed E-state index contributed by atoms with van der Waals surface area (Å²) in [5, 5.41) is 14.1. The highest BCUT2D eigenvalue weighted by Crippen LogP contribution is 2.38. The van der Waals surface area contributed by atoms with E-state index in [-0.39, 0.29) is 19.1 Å². The summed E-state index contributed by atoms with van der Waals surface area (Å²) in [7, 11) is 1.30. The van der Waals surface area contributed by atoms with E-state index in [2.05, 4.69) is 116 Å². The molecule has 8 nitrogen and oxygen atoms in total. The molecule has 0 aromatic carbocycles. The van der Waals surface area contributed by atoms with Crippen LogP contribution in [0.4, 0.5) is 0 Å². The van der Waals surface area contributed by atoms with Crippen molar-refractivity contribution in [3.63, 3.8) is 0 Å². The molecule has 0 aliphatic rings. The molecule has 0 aromatic heterocycles. The van der Waals surface area contributed by atoms with Crippen molar-refractivity contribution in [2.24, 2.45) is 0 Å². The number of nitrogens with one attached hydrogen (secondary N) is 1. The number of phosphoric ester groups is 1. The molecule has 494 valence electrons. The number of hydrogen-bond donors (Lipinski definition) is 2. The topological polar surface area (TPSA) is 108 Å². The van der Waals surface area contributed by atoms with Crippen molar-refractivity contribution in [1.82, 2.24) is 5.32 Å². The van der Waals surface area contributed by atoms with Gasteiger partial charge in [-0.2, -0.15) is 0 Å². The maximum Gasteiger partial charge on any atom is 0.268 e. The second kappa shape index (κ2) is 65.9. The highest BCUT2D eigenvalue weighted by Gasteiger charge is 2.24. The van der Waals surface area contributed by atoms with Crippen LogP contribution < -0.4 is 10.2 Å². The van der Waals surface area contributed by atoms with Gasteiger partial charge in [-0.05, 0) is 77.0 Å². The van der Waals surface area contributed by atoms with Gasteiger partial charge in [-0.3, -0.25) is 9.36 Å². The molecular formula is C76H139N2O6P. The molecule has 9 heteroatoms. The van der Waals surface area contributed by atoms with E-state index in [1.54, 1.807) is 0 Å². The number of rotatable bonds is 66. The van der Waals surface area contributed by atoms with Crippen LogP contribution in [0.1, 0.15) is 328 Å². The lowest BCUT2D eigenvalue weighted by molar-refractivity contribution is -0.870. The van der Waals surface area contributed by atoms with Gasteiger partial charge in [0.1, 0.15) is 13.2 Å². The molecule has 85 heavy (non-hydrogen) atoms. The number of phosphoric acid groups is 1. The number of unbranched alkanes of at least 4 members (excludes halogenated alkanes) is 37. The molecule has 0 rings (SSSR count). The Balaban J connectivity index is 4.08. The van der Waals surface area contributed by atoms with E-state index in [1.807, 2.05) is 21.1 Å². The molecular weight excluding hydrogens is 1070 g/mol. The van der Waals surface area contributed by atoms with E-state index in [9.17, 15) is 19.4 Å². The zero-order valence-electron chi connectivity index (χ0n) is 56.5. The first-order valence-electron chi connectivity index (χ1n) is 36.1. The summed E-state index contributed by atoms with van der Waals surface area (Å²) in [4.78, 5) is 25.7. The van der Waals surface area contributed by atoms with E-state index in [1.165, 1.54) is 205 Å². The molecule has 0 saturated carbocycles. The summed E-state index contributed by atoms with van der Waals surface area (Å²) in [6, 6.07) is -0.814. The second-order valence-electron chi connectivity index (χ2n) is 25.6. The first kappa shape index (κ1) is 82.4. The van der Waals surface area contributed by atoms with Crippen LogP contribution in [0.2, 0.25) is 0 Å². The van der Waals surface area contributed by atoms with Gasteiger partial charge >= 0.3 is 0 Å². The molecule has 1 amide bonds. The smallest absolute Gasteiger partial charge is 0.268 e. The third-order valence-corrected chi connectivity index (χ3v) is 17.1. The van der Waals surface area contributed by atoms with Crippen LogP contribution in [-0.4, -0.2) is 68.5 Å². The minimum atomic E-state index is -4.59. The number of carbonyl (C=O) groups is 1. The minimum Gasteiger partial charge on any atom is -0.756 e. The molecule has 0 radical (unpaired) electrons. The molecule has 0 heterocycles. The highest BCUT2D eigenvalue weighted by molar-refractivity contribution is 7.45.